The highest BCUT2D eigenvalue weighted by molar-refractivity contribution is 9.10. The summed E-state index contributed by atoms with van der Waals surface area (Å²) < 4.78 is 6.12. The molecule has 0 spiro atoms. The minimum atomic E-state index is -0.505. The largest absolute Gasteiger partial charge is 0.483 e. The Morgan fingerprint density at radius 1 is 1.27 bits per heavy atom. The number of aromatic amines is 1. The van der Waals surface area contributed by atoms with Gasteiger partial charge in [0.2, 0.25) is 0 Å². The van der Waals surface area contributed by atoms with Gasteiger partial charge in [-0.2, -0.15) is 5.10 Å². The third-order valence-corrected chi connectivity index (χ3v) is 3.32. The van der Waals surface area contributed by atoms with Crippen molar-refractivity contribution in [2.75, 3.05) is 6.61 Å². The Morgan fingerprint density at radius 2 is 2.05 bits per heavy atom. The summed E-state index contributed by atoms with van der Waals surface area (Å²) in [7, 11) is 0. The number of rotatable bonds is 4. The number of benzene rings is 1. The van der Waals surface area contributed by atoms with Crippen LogP contribution >= 0.6 is 15.9 Å². The van der Waals surface area contributed by atoms with Crippen LogP contribution in [0.25, 0.3) is 0 Å². The van der Waals surface area contributed by atoms with E-state index in [1.807, 2.05) is 19.1 Å². The number of hydrazine groups is 1. The molecule has 1 aromatic heterocycles. The number of ether oxygens (including phenoxy) is 1. The molecule has 0 bridgehead atoms. The fourth-order valence-electron chi connectivity index (χ4n) is 1.63. The van der Waals surface area contributed by atoms with Gasteiger partial charge in [0.25, 0.3) is 11.8 Å². The molecule has 22 heavy (non-hydrogen) atoms. The molecule has 1 heterocycles. The third-order valence-electron chi connectivity index (χ3n) is 2.70. The number of hydrogen-bond donors (Lipinski definition) is 3. The van der Waals surface area contributed by atoms with Crippen LogP contribution in [-0.2, 0) is 4.79 Å². The van der Waals surface area contributed by atoms with Crippen molar-refractivity contribution in [1.29, 1.82) is 0 Å². The summed E-state index contributed by atoms with van der Waals surface area (Å²) in [5, 5.41) is 6.42. The number of aryl methyl sites for hydroxylation is 2. The number of nitrogens with zero attached hydrogens (tertiary/aromatic N) is 1. The van der Waals surface area contributed by atoms with Crippen LogP contribution in [-0.4, -0.2) is 28.6 Å². The summed E-state index contributed by atoms with van der Waals surface area (Å²) in [6, 6.07) is 7.09. The molecule has 0 unspecified atom stereocenters. The van der Waals surface area contributed by atoms with E-state index in [2.05, 4.69) is 37.0 Å². The average molecular weight is 367 g/mol. The van der Waals surface area contributed by atoms with Crippen molar-refractivity contribution in [3.63, 3.8) is 0 Å². The van der Waals surface area contributed by atoms with Crippen LogP contribution in [0, 0.1) is 13.8 Å². The number of aromatic nitrogens is 2. The molecule has 0 fully saturated rings. The van der Waals surface area contributed by atoms with Gasteiger partial charge in [-0.3, -0.25) is 25.5 Å². The van der Waals surface area contributed by atoms with E-state index in [-0.39, 0.29) is 12.3 Å². The number of amides is 2. The van der Waals surface area contributed by atoms with Crippen molar-refractivity contribution in [1.82, 2.24) is 21.0 Å². The topological polar surface area (TPSA) is 96.1 Å². The Balaban J connectivity index is 1.79. The van der Waals surface area contributed by atoms with Crippen molar-refractivity contribution in [2.45, 2.75) is 13.8 Å². The molecule has 8 heteroatoms. The maximum absolute atomic E-state index is 11.7. The zero-order valence-corrected chi connectivity index (χ0v) is 13.7. The van der Waals surface area contributed by atoms with Gasteiger partial charge in [-0.15, -0.1) is 0 Å². The zero-order valence-electron chi connectivity index (χ0n) is 12.1. The predicted molar refractivity (Wildman–Crippen MR) is 83.3 cm³/mol. The molecule has 3 N–H and O–H groups in total. The normalized spacial score (nSPS) is 10.1. The molecule has 0 aliphatic carbocycles. The van der Waals surface area contributed by atoms with Crippen LogP contribution in [0.4, 0.5) is 0 Å². The lowest BCUT2D eigenvalue weighted by atomic mass is 10.2. The number of hydrogen-bond acceptors (Lipinski definition) is 4. The number of carbonyl (C=O) groups is 2. The quantitative estimate of drug-likeness (QED) is 0.716. The Bertz CT molecular complexity index is 699. The van der Waals surface area contributed by atoms with Crippen molar-refractivity contribution in [3.05, 3.63) is 45.7 Å². The first kappa shape index (κ1) is 16.0. The molecule has 7 nitrogen and oxygen atoms in total. The van der Waals surface area contributed by atoms with Crippen molar-refractivity contribution < 1.29 is 14.3 Å². The molecule has 0 aliphatic heterocycles. The van der Waals surface area contributed by atoms with Crippen LogP contribution in [0.15, 0.2) is 28.7 Å². The Hall–Kier alpha value is -2.35. The van der Waals surface area contributed by atoms with Gasteiger partial charge in [0.15, 0.2) is 12.3 Å². The Morgan fingerprint density at radius 3 is 2.68 bits per heavy atom. The highest BCUT2D eigenvalue weighted by Crippen LogP contribution is 2.25. The number of nitrogens with one attached hydrogen (secondary N) is 3. The van der Waals surface area contributed by atoms with Crippen LogP contribution < -0.4 is 15.6 Å². The van der Waals surface area contributed by atoms with Crippen molar-refractivity contribution >= 4 is 27.7 Å². The molecule has 0 aliphatic rings. The van der Waals surface area contributed by atoms with Gasteiger partial charge in [-0.1, -0.05) is 6.07 Å². The second kappa shape index (κ2) is 7.08. The summed E-state index contributed by atoms with van der Waals surface area (Å²) in [4.78, 5) is 23.3. The van der Waals surface area contributed by atoms with E-state index in [1.54, 1.807) is 19.1 Å². The molecule has 0 saturated carbocycles. The highest BCUT2D eigenvalue weighted by Gasteiger charge is 2.11. The molecule has 1 aromatic carbocycles. The van der Waals surface area contributed by atoms with Gasteiger partial charge >= 0.3 is 0 Å². The zero-order chi connectivity index (χ0) is 16.1. The van der Waals surface area contributed by atoms with E-state index < -0.39 is 11.8 Å². The minimum Gasteiger partial charge on any atom is -0.483 e. The average Bonchev–Trinajstić information content (AvgIpc) is 2.90. The summed E-state index contributed by atoms with van der Waals surface area (Å²) in [5.74, 6) is -0.433. The Labute approximate surface area is 135 Å². The van der Waals surface area contributed by atoms with Crippen LogP contribution in [0.5, 0.6) is 5.75 Å². The molecule has 0 saturated heterocycles. The van der Waals surface area contributed by atoms with E-state index in [0.29, 0.717) is 5.75 Å². The van der Waals surface area contributed by atoms with Gasteiger partial charge in [-0.25, -0.2) is 0 Å². The van der Waals surface area contributed by atoms with Crippen LogP contribution in [0.2, 0.25) is 0 Å². The fraction of sp³-hybridized carbons (Fsp3) is 0.214. The highest BCUT2D eigenvalue weighted by atomic mass is 79.9. The van der Waals surface area contributed by atoms with Crippen molar-refractivity contribution in [2.24, 2.45) is 0 Å². The fourth-order valence-corrected chi connectivity index (χ4v) is 2.23. The SMILES string of the molecule is Cc1ccc(OCC(=O)NNC(=O)c2cc(C)[nH]n2)c(Br)c1. The summed E-state index contributed by atoms with van der Waals surface area (Å²) in [6.07, 6.45) is 0. The number of H-pyrrole nitrogens is 1. The summed E-state index contributed by atoms with van der Waals surface area (Å²) in [5.41, 5.74) is 6.54. The third kappa shape index (κ3) is 4.32. The molecule has 2 rings (SSSR count). The van der Waals surface area contributed by atoms with Crippen LogP contribution in [0.3, 0.4) is 0 Å². The first-order valence-electron chi connectivity index (χ1n) is 6.46. The molecule has 0 radical (unpaired) electrons. The van der Waals surface area contributed by atoms with Gasteiger partial charge in [0.05, 0.1) is 4.47 Å². The van der Waals surface area contributed by atoms with Gasteiger partial charge in [0, 0.05) is 5.69 Å². The smallest absolute Gasteiger partial charge is 0.290 e. The van der Waals surface area contributed by atoms with E-state index in [4.69, 9.17) is 4.74 Å². The predicted octanol–water partition coefficient (Wildman–Crippen LogP) is 1.63. The number of carbonyl (C=O) groups excluding carboxylic acids is 2. The van der Waals surface area contributed by atoms with E-state index in [9.17, 15) is 9.59 Å². The first-order chi connectivity index (χ1) is 10.5. The lowest BCUT2D eigenvalue weighted by Gasteiger charge is -2.09. The lowest BCUT2D eigenvalue weighted by molar-refractivity contribution is -0.123. The van der Waals surface area contributed by atoms with Crippen molar-refractivity contribution in [3.8, 4) is 5.75 Å². The lowest BCUT2D eigenvalue weighted by Crippen LogP contribution is -2.44. The maximum Gasteiger partial charge on any atom is 0.290 e. The van der Waals surface area contributed by atoms with E-state index >= 15 is 0 Å². The first-order valence-corrected chi connectivity index (χ1v) is 7.25. The molecule has 0 atom stereocenters. The monoisotopic (exact) mass is 366 g/mol. The van der Waals surface area contributed by atoms with E-state index in [0.717, 1.165) is 15.7 Å². The molecule has 2 amide bonds. The molecular formula is C14H15BrN4O3. The maximum atomic E-state index is 11.7. The Kier molecular flexibility index (Phi) is 5.16. The minimum absolute atomic E-state index is 0.194. The molecule has 2 aromatic rings. The van der Waals surface area contributed by atoms with Gasteiger partial charge < -0.3 is 4.74 Å². The molecule has 116 valence electrons. The van der Waals surface area contributed by atoms with Crippen LogP contribution in [0.1, 0.15) is 21.7 Å². The summed E-state index contributed by atoms with van der Waals surface area (Å²) >= 11 is 3.35. The van der Waals surface area contributed by atoms with E-state index in [1.165, 1.54) is 0 Å². The summed E-state index contributed by atoms with van der Waals surface area (Å²) in [6.45, 7) is 3.50. The number of halogens is 1. The second-order valence-corrected chi connectivity index (χ2v) is 5.52. The molecular weight excluding hydrogens is 352 g/mol. The second-order valence-electron chi connectivity index (χ2n) is 4.66. The standard InChI is InChI=1S/C14H15BrN4O3/c1-8-3-4-12(10(15)5-8)22-7-13(20)18-19-14(21)11-6-9(2)16-17-11/h3-6H,7H2,1-2H3,(H,16,17)(H,18,20)(H,19,21). The van der Waals surface area contributed by atoms with Gasteiger partial charge in [0.1, 0.15) is 5.75 Å². The van der Waals surface area contributed by atoms with Gasteiger partial charge in [-0.05, 0) is 53.5 Å².